The van der Waals surface area contributed by atoms with Gasteiger partial charge in [-0.2, -0.15) is 0 Å². The Hall–Kier alpha value is -1.15. The number of Topliss-reactive ketones (excluding diaryl/α,β-unsaturated/α-hetero) is 1. The number of rotatable bonds is 3. The Bertz CT molecular complexity index is 386. The SMILES string of the molecule is COCC(=O)c1cc(C(C)(C)C)ccc1C. The van der Waals surface area contributed by atoms with Crippen molar-refractivity contribution in [3.63, 3.8) is 0 Å². The van der Waals surface area contributed by atoms with Crippen LogP contribution in [-0.4, -0.2) is 19.5 Å². The highest BCUT2D eigenvalue weighted by Gasteiger charge is 2.17. The number of aryl methyl sites for hydroxylation is 1. The van der Waals surface area contributed by atoms with Crippen molar-refractivity contribution in [1.82, 2.24) is 0 Å². The van der Waals surface area contributed by atoms with Gasteiger partial charge in [0.1, 0.15) is 6.61 Å². The number of ketones is 1. The lowest BCUT2D eigenvalue weighted by molar-refractivity contribution is 0.0847. The Labute approximate surface area is 97.6 Å². The second-order valence-electron chi connectivity index (χ2n) is 5.14. The van der Waals surface area contributed by atoms with Crippen LogP contribution in [0.2, 0.25) is 0 Å². The highest BCUT2D eigenvalue weighted by molar-refractivity contribution is 5.98. The van der Waals surface area contributed by atoms with Crippen LogP contribution in [0.5, 0.6) is 0 Å². The number of carbonyl (C=O) groups is 1. The monoisotopic (exact) mass is 220 g/mol. The van der Waals surface area contributed by atoms with E-state index in [-0.39, 0.29) is 17.8 Å². The van der Waals surface area contributed by atoms with Gasteiger partial charge in [0.05, 0.1) is 0 Å². The Morgan fingerprint density at radius 1 is 1.31 bits per heavy atom. The van der Waals surface area contributed by atoms with Crippen LogP contribution >= 0.6 is 0 Å². The standard InChI is InChI=1S/C14H20O2/c1-10-6-7-11(14(2,3)4)8-12(10)13(15)9-16-5/h6-8H,9H2,1-5H3. The van der Waals surface area contributed by atoms with Gasteiger partial charge >= 0.3 is 0 Å². The first-order valence-corrected chi connectivity index (χ1v) is 5.49. The smallest absolute Gasteiger partial charge is 0.188 e. The first kappa shape index (κ1) is 12.9. The Morgan fingerprint density at radius 3 is 2.44 bits per heavy atom. The second kappa shape index (κ2) is 4.79. The molecule has 1 aromatic rings. The van der Waals surface area contributed by atoms with Gasteiger partial charge in [-0.25, -0.2) is 0 Å². The van der Waals surface area contributed by atoms with Crippen molar-refractivity contribution in [2.45, 2.75) is 33.1 Å². The normalized spacial score (nSPS) is 11.6. The molecule has 0 saturated heterocycles. The topological polar surface area (TPSA) is 26.3 Å². The van der Waals surface area contributed by atoms with Gasteiger partial charge in [0, 0.05) is 12.7 Å². The molecule has 0 fully saturated rings. The summed E-state index contributed by atoms with van der Waals surface area (Å²) in [7, 11) is 1.54. The van der Waals surface area contributed by atoms with Crippen molar-refractivity contribution >= 4 is 5.78 Å². The summed E-state index contributed by atoms with van der Waals surface area (Å²) in [6, 6.07) is 6.07. The highest BCUT2D eigenvalue weighted by atomic mass is 16.5. The average Bonchev–Trinajstić information content (AvgIpc) is 2.16. The second-order valence-corrected chi connectivity index (χ2v) is 5.14. The lowest BCUT2D eigenvalue weighted by atomic mass is 9.85. The van der Waals surface area contributed by atoms with Crippen molar-refractivity contribution in [2.24, 2.45) is 0 Å². The van der Waals surface area contributed by atoms with Crippen LogP contribution in [0.1, 0.15) is 42.3 Å². The molecule has 16 heavy (non-hydrogen) atoms. The van der Waals surface area contributed by atoms with Gasteiger partial charge in [0.2, 0.25) is 0 Å². The zero-order valence-corrected chi connectivity index (χ0v) is 10.8. The summed E-state index contributed by atoms with van der Waals surface area (Å²) in [5.74, 6) is 0.0473. The number of ether oxygens (including phenoxy) is 1. The van der Waals surface area contributed by atoms with Crippen LogP contribution in [0.3, 0.4) is 0 Å². The minimum atomic E-state index is 0.0473. The van der Waals surface area contributed by atoms with E-state index < -0.39 is 0 Å². The van der Waals surface area contributed by atoms with Gasteiger partial charge in [-0.1, -0.05) is 32.9 Å². The number of methoxy groups -OCH3 is 1. The molecular weight excluding hydrogens is 200 g/mol. The molecule has 2 nitrogen and oxygen atoms in total. The van der Waals surface area contributed by atoms with Crippen LogP contribution in [0.4, 0.5) is 0 Å². The molecule has 0 aromatic heterocycles. The maximum atomic E-state index is 11.8. The highest BCUT2D eigenvalue weighted by Crippen LogP contribution is 2.24. The Balaban J connectivity index is 3.14. The largest absolute Gasteiger partial charge is 0.377 e. The number of hydrogen-bond acceptors (Lipinski definition) is 2. The third-order valence-corrected chi connectivity index (χ3v) is 2.68. The van der Waals surface area contributed by atoms with Crippen molar-refractivity contribution in [2.75, 3.05) is 13.7 Å². The summed E-state index contributed by atoms with van der Waals surface area (Å²) in [5.41, 5.74) is 3.03. The summed E-state index contributed by atoms with van der Waals surface area (Å²) in [4.78, 5) is 11.8. The van der Waals surface area contributed by atoms with E-state index in [1.165, 1.54) is 5.56 Å². The predicted octanol–water partition coefficient (Wildman–Crippen LogP) is 3.12. The van der Waals surface area contributed by atoms with E-state index in [0.29, 0.717) is 0 Å². The molecule has 0 aliphatic carbocycles. The summed E-state index contributed by atoms with van der Waals surface area (Å²) in [5, 5.41) is 0. The minimum absolute atomic E-state index is 0.0473. The zero-order valence-electron chi connectivity index (χ0n) is 10.8. The lowest BCUT2D eigenvalue weighted by Gasteiger charge is -2.20. The number of hydrogen-bond donors (Lipinski definition) is 0. The maximum Gasteiger partial charge on any atom is 0.188 e. The molecule has 0 aliphatic heterocycles. The van der Waals surface area contributed by atoms with Crippen molar-refractivity contribution in [1.29, 1.82) is 0 Å². The van der Waals surface area contributed by atoms with Crippen molar-refractivity contribution in [3.05, 3.63) is 34.9 Å². The van der Waals surface area contributed by atoms with Gasteiger partial charge in [0.15, 0.2) is 5.78 Å². The maximum absolute atomic E-state index is 11.8. The van der Waals surface area contributed by atoms with E-state index >= 15 is 0 Å². The fourth-order valence-corrected chi connectivity index (χ4v) is 1.60. The molecule has 0 aliphatic rings. The van der Waals surface area contributed by atoms with Crippen LogP contribution in [0.25, 0.3) is 0 Å². The first-order chi connectivity index (χ1) is 7.36. The molecule has 0 saturated carbocycles. The molecular formula is C14H20O2. The van der Waals surface area contributed by atoms with Crippen LogP contribution < -0.4 is 0 Å². The molecule has 0 amide bonds. The average molecular weight is 220 g/mol. The van der Waals surface area contributed by atoms with Crippen LogP contribution in [0.15, 0.2) is 18.2 Å². The molecule has 2 heteroatoms. The summed E-state index contributed by atoms with van der Waals surface area (Å²) < 4.78 is 4.89. The molecule has 0 unspecified atom stereocenters. The Kier molecular flexibility index (Phi) is 3.87. The van der Waals surface area contributed by atoms with E-state index in [0.717, 1.165) is 11.1 Å². The van der Waals surface area contributed by atoms with Crippen LogP contribution in [0, 0.1) is 6.92 Å². The fraction of sp³-hybridized carbons (Fsp3) is 0.500. The number of carbonyl (C=O) groups excluding carboxylic acids is 1. The first-order valence-electron chi connectivity index (χ1n) is 5.49. The molecule has 0 atom stereocenters. The third-order valence-electron chi connectivity index (χ3n) is 2.68. The van der Waals surface area contributed by atoms with E-state index in [4.69, 9.17) is 4.74 Å². The quantitative estimate of drug-likeness (QED) is 0.731. The van der Waals surface area contributed by atoms with Crippen LogP contribution in [-0.2, 0) is 10.2 Å². The zero-order chi connectivity index (χ0) is 12.3. The molecule has 0 spiro atoms. The van der Waals surface area contributed by atoms with E-state index in [9.17, 15) is 4.79 Å². The van der Waals surface area contributed by atoms with Gasteiger partial charge in [0.25, 0.3) is 0 Å². The Morgan fingerprint density at radius 2 is 1.94 bits per heavy atom. The van der Waals surface area contributed by atoms with E-state index in [2.05, 4.69) is 26.8 Å². The molecule has 0 bridgehead atoms. The molecule has 1 rings (SSSR count). The molecule has 0 heterocycles. The lowest BCUT2D eigenvalue weighted by Crippen LogP contribution is -2.14. The van der Waals surface area contributed by atoms with Gasteiger partial charge in [-0.05, 0) is 29.5 Å². The molecule has 1 aromatic carbocycles. The summed E-state index contributed by atoms with van der Waals surface area (Å²) in [6.07, 6.45) is 0. The summed E-state index contributed by atoms with van der Waals surface area (Å²) in [6.45, 7) is 8.52. The van der Waals surface area contributed by atoms with E-state index in [1.54, 1.807) is 7.11 Å². The molecule has 0 radical (unpaired) electrons. The van der Waals surface area contributed by atoms with Gasteiger partial charge in [-0.3, -0.25) is 4.79 Å². The van der Waals surface area contributed by atoms with Gasteiger partial charge < -0.3 is 4.74 Å². The van der Waals surface area contributed by atoms with Crippen molar-refractivity contribution in [3.8, 4) is 0 Å². The van der Waals surface area contributed by atoms with Crippen molar-refractivity contribution < 1.29 is 9.53 Å². The predicted molar refractivity (Wildman–Crippen MR) is 66.1 cm³/mol. The number of benzene rings is 1. The minimum Gasteiger partial charge on any atom is -0.377 e. The third kappa shape index (κ3) is 2.92. The van der Waals surface area contributed by atoms with E-state index in [1.807, 2.05) is 19.1 Å². The molecule has 0 N–H and O–H groups in total. The van der Waals surface area contributed by atoms with Gasteiger partial charge in [-0.15, -0.1) is 0 Å². The molecule has 88 valence electrons. The summed E-state index contributed by atoms with van der Waals surface area (Å²) >= 11 is 0. The fourth-order valence-electron chi connectivity index (χ4n) is 1.60.